The first-order chi connectivity index (χ1) is 29.7. The fourth-order valence-corrected chi connectivity index (χ4v) is 7.42. The van der Waals surface area contributed by atoms with Crippen LogP contribution in [0.25, 0.3) is 21.8 Å². The number of fused-ring (bicyclic) bond motifs is 2. The highest BCUT2D eigenvalue weighted by molar-refractivity contribution is 5.99. The minimum atomic E-state index is -1.68. The quantitative estimate of drug-likeness (QED) is 0.0674. The summed E-state index contributed by atoms with van der Waals surface area (Å²) >= 11 is 0. The second-order valence-corrected chi connectivity index (χ2v) is 16.2. The lowest BCUT2D eigenvalue weighted by Crippen LogP contribution is -2.61. The molecule has 14 nitrogen and oxygen atoms in total. The number of H-pyrrole nitrogens is 2. The first kappa shape index (κ1) is 44.6. The summed E-state index contributed by atoms with van der Waals surface area (Å²) in [4.78, 5) is 86.9. The molecule has 322 valence electrons. The second-order valence-electron chi connectivity index (χ2n) is 16.2. The van der Waals surface area contributed by atoms with E-state index in [-0.39, 0.29) is 35.1 Å². The molecule has 8 N–H and O–H groups in total. The number of aromatic amines is 2. The number of aliphatic hydroxyl groups excluding tert-OH is 2. The number of amides is 4. The molecule has 2 heterocycles. The van der Waals surface area contributed by atoms with E-state index < -0.39 is 71.8 Å². The topological polar surface area (TPSA) is 223 Å². The molecule has 4 amide bonds. The number of aromatic nitrogens is 2. The zero-order valence-electron chi connectivity index (χ0n) is 34.9. The molecule has 0 saturated carbocycles. The minimum absolute atomic E-state index is 0.0376. The Balaban J connectivity index is 1.25. The number of aliphatic hydroxyl groups is 2. The Labute approximate surface area is 358 Å². The van der Waals surface area contributed by atoms with E-state index in [0.29, 0.717) is 21.8 Å². The molecule has 0 aliphatic heterocycles. The van der Waals surface area contributed by atoms with E-state index in [1.54, 1.807) is 125 Å². The molecule has 0 spiro atoms. The Morgan fingerprint density at radius 2 is 0.839 bits per heavy atom. The van der Waals surface area contributed by atoms with Crippen molar-refractivity contribution in [2.45, 2.75) is 76.9 Å². The van der Waals surface area contributed by atoms with Gasteiger partial charge in [-0.3, -0.25) is 28.8 Å². The summed E-state index contributed by atoms with van der Waals surface area (Å²) in [5.74, 6) is -3.58. The summed E-state index contributed by atoms with van der Waals surface area (Å²) < 4.78 is 0. The summed E-state index contributed by atoms with van der Waals surface area (Å²) in [5.41, 5.74) is 1.55. The van der Waals surface area contributed by atoms with Gasteiger partial charge in [0.1, 0.15) is 35.7 Å². The molecule has 0 saturated heterocycles. The Hall–Kier alpha value is -6.90. The van der Waals surface area contributed by atoms with Gasteiger partial charge in [-0.2, -0.15) is 0 Å². The zero-order valence-corrected chi connectivity index (χ0v) is 34.9. The van der Waals surface area contributed by atoms with Crippen molar-refractivity contribution < 1.29 is 29.4 Å². The van der Waals surface area contributed by atoms with Crippen LogP contribution in [-0.2, 0) is 22.4 Å². The van der Waals surface area contributed by atoms with Crippen LogP contribution in [-0.4, -0.2) is 80.2 Å². The predicted molar refractivity (Wildman–Crippen MR) is 237 cm³/mol. The van der Waals surface area contributed by atoms with Gasteiger partial charge in [0.15, 0.2) is 10.9 Å². The smallest absolute Gasteiger partial charge is 0.268 e. The third-order valence-corrected chi connectivity index (χ3v) is 10.9. The molecule has 14 heteroatoms. The number of nitrogens with one attached hydrogen (secondary N) is 6. The Morgan fingerprint density at radius 3 is 1.19 bits per heavy atom. The maximum atomic E-state index is 14.2. The summed E-state index contributed by atoms with van der Waals surface area (Å²) in [5, 5.41) is 36.1. The van der Waals surface area contributed by atoms with Crippen molar-refractivity contribution in [2.75, 3.05) is 0 Å². The maximum absolute atomic E-state index is 14.2. The first-order valence-corrected chi connectivity index (χ1v) is 20.6. The van der Waals surface area contributed by atoms with Gasteiger partial charge >= 0.3 is 0 Å². The highest BCUT2D eigenvalue weighted by Gasteiger charge is 2.38. The molecular formula is C48H52N6O8. The Morgan fingerprint density at radius 1 is 0.500 bits per heavy atom. The normalized spacial score (nSPS) is 14.4. The van der Waals surface area contributed by atoms with Gasteiger partial charge in [-0.1, -0.05) is 113 Å². The molecule has 6 atom stereocenters. The highest BCUT2D eigenvalue weighted by atomic mass is 16.3. The van der Waals surface area contributed by atoms with Gasteiger partial charge in [-0.25, -0.2) is 0 Å². The van der Waals surface area contributed by atoms with E-state index in [9.17, 15) is 39.0 Å². The van der Waals surface area contributed by atoms with Crippen molar-refractivity contribution in [2.24, 2.45) is 11.8 Å². The second kappa shape index (κ2) is 20.1. The summed E-state index contributed by atoms with van der Waals surface area (Å²) in [6.07, 6.45) is -3.24. The molecule has 0 radical (unpaired) electrons. The Bertz CT molecular complexity index is 2460. The van der Waals surface area contributed by atoms with Crippen molar-refractivity contribution in [3.63, 3.8) is 0 Å². The number of hydrogen-bond acceptors (Lipinski definition) is 8. The minimum Gasteiger partial charge on any atom is -0.388 e. The van der Waals surface area contributed by atoms with Crippen LogP contribution in [0.3, 0.4) is 0 Å². The average Bonchev–Trinajstić information content (AvgIpc) is 3.26. The van der Waals surface area contributed by atoms with Gasteiger partial charge in [0, 0.05) is 33.9 Å². The highest BCUT2D eigenvalue weighted by Crippen LogP contribution is 2.18. The molecule has 0 aliphatic carbocycles. The Kier molecular flexibility index (Phi) is 14.5. The van der Waals surface area contributed by atoms with Crippen LogP contribution >= 0.6 is 0 Å². The number of benzene rings is 4. The van der Waals surface area contributed by atoms with Gasteiger partial charge in [-0.15, -0.1) is 0 Å². The predicted octanol–water partition coefficient (Wildman–Crippen LogP) is 3.76. The molecule has 0 unspecified atom stereocenters. The molecule has 0 fully saturated rings. The van der Waals surface area contributed by atoms with Crippen molar-refractivity contribution in [1.29, 1.82) is 0 Å². The van der Waals surface area contributed by atoms with E-state index in [0.717, 1.165) is 11.1 Å². The molecule has 4 aromatic carbocycles. The van der Waals surface area contributed by atoms with E-state index in [1.165, 1.54) is 12.1 Å². The van der Waals surface area contributed by atoms with E-state index in [1.807, 2.05) is 12.1 Å². The molecule has 6 aromatic rings. The van der Waals surface area contributed by atoms with Crippen LogP contribution in [0.15, 0.2) is 131 Å². The monoisotopic (exact) mass is 840 g/mol. The summed E-state index contributed by atoms with van der Waals surface area (Å²) in [7, 11) is 0. The van der Waals surface area contributed by atoms with Crippen LogP contribution in [0, 0.1) is 11.8 Å². The van der Waals surface area contributed by atoms with Crippen LogP contribution in [0.5, 0.6) is 0 Å². The summed E-state index contributed by atoms with van der Waals surface area (Å²) in [6.45, 7) is 6.94. The number of pyridine rings is 2. The SMILES string of the molecule is CC(C)[C@H](NC(=O)c1cc(=O)c2ccccc2[nH]1)C(=O)N[C@@H](Cc1ccccc1)[C@@H](O)[C@H](O)[C@H](Cc1ccccc1)NC(=O)[C@@H](NC(=O)c1cc(=O)c2ccccc2[nH]1)C(C)C. The van der Waals surface area contributed by atoms with Gasteiger partial charge in [0.25, 0.3) is 11.8 Å². The number of para-hydroxylation sites is 2. The molecule has 0 bridgehead atoms. The van der Waals surface area contributed by atoms with Crippen LogP contribution in [0.1, 0.15) is 59.8 Å². The lowest BCUT2D eigenvalue weighted by Gasteiger charge is -2.35. The van der Waals surface area contributed by atoms with Crippen molar-refractivity contribution in [3.8, 4) is 0 Å². The first-order valence-electron chi connectivity index (χ1n) is 20.6. The fourth-order valence-electron chi connectivity index (χ4n) is 7.42. The van der Waals surface area contributed by atoms with Crippen LogP contribution in [0.4, 0.5) is 0 Å². The molecular weight excluding hydrogens is 789 g/mol. The zero-order chi connectivity index (χ0) is 44.5. The van der Waals surface area contributed by atoms with Gasteiger partial charge in [-0.05, 0) is 60.1 Å². The van der Waals surface area contributed by atoms with E-state index in [4.69, 9.17) is 0 Å². The standard InChI is InChI=1S/C48H52N6O8/c1-27(2)41(53-45(59)37-25-39(55)31-19-11-13-21-33(31)49-37)47(61)51-35(23-29-15-7-5-8-16-29)43(57)44(58)36(24-30-17-9-6-10-18-30)52-48(62)42(28(3)4)54-46(60)38-26-40(56)32-20-12-14-22-34(32)50-38/h5-22,25-28,35-36,41-44,57-58H,23-24H2,1-4H3,(H,49,55)(H,50,56)(H,51,61)(H,52,62)(H,53,59)(H,54,60)/t35-,36-,41-,42-,43+,44+/m0/s1. The van der Waals surface area contributed by atoms with Gasteiger partial charge in [0.05, 0.1) is 12.1 Å². The number of rotatable bonds is 17. The lowest BCUT2D eigenvalue weighted by atomic mass is 9.90. The number of carbonyl (C=O) groups is 4. The van der Waals surface area contributed by atoms with Crippen LogP contribution in [0.2, 0.25) is 0 Å². The number of carbonyl (C=O) groups excluding carboxylic acids is 4. The third kappa shape index (κ3) is 10.9. The van der Waals surface area contributed by atoms with Gasteiger partial charge < -0.3 is 41.4 Å². The van der Waals surface area contributed by atoms with Crippen molar-refractivity contribution >= 4 is 45.4 Å². The van der Waals surface area contributed by atoms with E-state index >= 15 is 0 Å². The fraction of sp³-hybridized carbons (Fsp3) is 0.292. The molecule has 6 rings (SSSR count). The lowest BCUT2D eigenvalue weighted by molar-refractivity contribution is -0.129. The van der Waals surface area contributed by atoms with Crippen LogP contribution < -0.4 is 32.1 Å². The van der Waals surface area contributed by atoms with Crippen molar-refractivity contribution in [3.05, 3.63) is 164 Å². The van der Waals surface area contributed by atoms with Crippen molar-refractivity contribution in [1.82, 2.24) is 31.2 Å². The molecule has 62 heavy (non-hydrogen) atoms. The largest absolute Gasteiger partial charge is 0.388 e. The third-order valence-electron chi connectivity index (χ3n) is 10.9. The number of hydrogen-bond donors (Lipinski definition) is 8. The summed E-state index contributed by atoms with van der Waals surface area (Å²) in [6, 6.07) is 29.3. The van der Waals surface area contributed by atoms with E-state index in [2.05, 4.69) is 31.2 Å². The maximum Gasteiger partial charge on any atom is 0.268 e. The molecule has 2 aromatic heterocycles. The van der Waals surface area contributed by atoms with Gasteiger partial charge in [0.2, 0.25) is 11.8 Å². The molecule has 0 aliphatic rings. The average molecular weight is 841 g/mol.